The highest BCUT2D eigenvalue weighted by Crippen LogP contribution is 2.24. The van der Waals surface area contributed by atoms with Gasteiger partial charge in [-0.15, -0.1) is 4.48 Å². The molecule has 1 aromatic rings. The number of amides is 9. The van der Waals surface area contributed by atoms with E-state index in [1.807, 2.05) is 0 Å². The second kappa shape index (κ2) is 25.2. The number of hydrogen-bond donors (Lipinski definition) is 12. The van der Waals surface area contributed by atoms with Gasteiger partial charge < -0.3 is 67.5 Å². The number of hydrogen-bond acceptors (Lipinski definition) is 15. The number of urea groups is 1. The maximum atomic E-state index is 13.6. The fourth-order valence-electron chi connectivity index (χ4n) is 7.25. The number of nitrogens with two attached hydrogens (primary N) is 1. The van der Waals surface area contributed by atoms with E-state index in [9.17, 15) is 63.3 Å². The van der Waals surface area contributed by atoms with Gasteiger partial charge in [0.25, 0.3) is 23.6 Å². The third-order valence-corrected chi connectivity index (χ3v) is 11.0. The number of anilines is 1. The van der Waals surface area contributed by atoms with Crippen molar-refractivity contribution >= 4 is 53.1 Å². The van der Waals surface area contributed by atoms with Crippen molar-refractivity contribution in [3.05, 3.63) is 42.0 Å². The smallest absolute Gasteiger partial charge is 0.312 e. The summed E-state index contributed by atoms with van der Waals surface area (Å²) >= 11 is 0. The molecule has 65 heavy (non-hydrogen) atoms. The summed E-state index contributed by atoms with van der Waals surface area (Å²) in [5, 5.41) is 57.8. The van der Waals surface area contributed by atoms with Crippen molar-refractivity contribution in [1.82, 2.24) is 37.0 Å². The van der Waals surface area contributed by atoms with Crippen molar-refractivity contribution < 1.29 is 72.7 Å². The second-order valence-electron chi connectivity index (χ2n) is 16.2. The Bertz CT molecular complexity index is 1860. The monoisotopic (exact) mass is 921 g/mol. The highest BCUT2D eigenvalue weighted by Gasteiger charge is 2.49. The first-order chi connectivity index (χ1) is 30.9. The van der Waals surface area contributed by atoms with E-state index in [0.29, 0.717) is 31.4 Å². The van der Waals surface area contributed by atoms with Crippen molar-refractivity contribution in [3.63, 3.8) is 0 Å². The van der Waals surface area contributed by atoms with Crippen LogP contribution in [0.25, 0.3) is 0 Å². The molecule has 360 valence electrons. The fraction of sp³-hybridized carbons (Fsp3) is 0.610. The standard InChI is InChI=1S/C41H60FN9O14/c1-21(2)30(38(60)49-24(7-6-16-44-41(43)63)37(59)48-23-11-9-22(10-12-23)15-17-47-42)50-40(62)36-34(58)32(56)26(65-36)20-46-39(61)35-33(57)31(55)25(64-35)19-45-27(52)8-4-3-5-18-51-28(53)13-14-29(51)54/h9-14,21,24-26,30-36,47,55-58H,3-8,15-20H2,1-2H3,(H,45,52)(H,46,61)(H,48,59)(H,49,60)(H,50,62)(H3,43,44,63)/t24?,25-,26-,30?,31+,32+,33+,34+,35+,36+/m1/s1. The molecule has 1 aromatic carbocycles. The lowest BCUT2D eigenvalue weighted by molar-refractivity contribution is -0.141. The molecule has 9 amide bonds. The molecule has 3 heterocycles. The van der Waals surface area contributed by atoms with Crippen molar-refractivity contribution in [3.8, 4) is 0 Å². The van der Waals surface area contributed by atoms with E-state index in [0.717, 1.165) is 10.5 Å². The van der Waals surface area contributed by atoms with Crippen molar-refractivity contribution in [2.45, 2.75) is 120 Å². The largest absolute Gasteiger partial charge is 0.388 e. The van der Waals surface area contributed by atoms with Gasteiger partial charge in [0, 0.05) is 57.0 Å². The number of nitrogens with one attached hydrogen (secondary N) is 7. The lowest BCUT2D eigenvalue weighted by atomic mass is 10.0. The number of primary amides is 1. The molecule has 4 rings (SSSR count). The number of carbonyl (C=O) groups is 8. The zero-order chi connectivity index (χ0) is 47.8. The van der Waals surface area contributed by atoms with Crippen molar-refractivity contribution in [2.24, 2.45) is 11.7 Å². The maximum Gasteiger partial charge on any atom is 0.312 e. The Balaban J connectivity index is 1.25. The molecule has 2 saturated heterocycles. The third-order valence-electron chi connectivity index (χ3n) is 11.0. The summed E-state index contributed by atoms with van der Waals surface area (Å²) in [6, 6.07) is 3.35. The van der Waals surface area contributed by atoms with E-state index in [4.69, 9.17) is 15.2 Å². The zero-order valence-corrected chi connectivity index (χ0v) is 36.1. The number of unbranched alkanes of at least 4 members (excludes halogenated alkanes) is 2. The van der Waals surface area contributed by atoms with E-state index >= 15 is 0 Å². The van der Waals surface area contributed by atoms with Gasteiger partial charge in [-0.3, -0.25) is 38.5 Å². The first-order valence-electron chi connectivity index (χ1n) is 21.4. The number of nitrogens with zero attached hydrogens (tertiary/aromatic N) is 1. The zero-order valence-electron chi connectivity index (χ0n) is 36.1. The molecule has 3 aliphatic heterocycles. The molecule has 3 aliphatic rings. The van der Waals surface area contributed by atoms with Crippen LogP contribution in [-0.4, -0.2) is 166 Å². The van der Waals surface area contributed by atoms with Crippen LogP contribution in [0.3, 0.4) is 0 Å². The van der Waals surface area contributed by atoms with E-state index in [-0.39, 0.29) is 57.3 Å². The predicted octanol–water partition coefficient (Wildman–Crippen LogP) is -3.59. The van der Waals surface area contributed by atoms with Gasteiger partial charge in [-0.2, -0.15) is 5.54 Å². The van der Waals surface area contributed by atoms with E-state index < -0.39 is 109 Å². The van der Waals surface area contributed by atoms with E-state index in [1.165, 1.54) is 12.2 Å². The number of aliphatic hydroxyl groups is 4. The van der Waals surface area contributed by atoms with Crippen molar-refractivity contribution in [1.29, 1.82) is 0 Å². The molecule has 0 aromatic heterocycles. The Morgan fingerprint density at radius 3 is 1.92 bits per heavy atom. The second-order valence-corrected chi connectivity index (χ2v) is 16.2. The van der Waals surface area contributed by atoms with Crippen LogP contribution in [0, 0.1) is 5.92 Å². The topological polar surface area (TPSA) is 349 Å². The normalized spacial score (nSPS) is 24.7. The van der Waals surface area contributed by atoms with Gasteiger partial charge in [-0.1, -0.05) is 32.4 Å². The molecular formula is C41H60FN9O14. The third kappa shape index (κ3) is 15.2. The minimum absolute atomic E-state index is 0.0378. The summed E-state index contributed by atoms with van der Waals surface area (Å²) < 4.78 is 23.5. The highest BCUT2D eigenvalue weighted by atomic mass is 19.2. The number of imide groups is 1. The number of aliphatic hydroxyl groups excluding tert-OH is 4. The summed E-state index contributed by atoms with van der Waals surface area (Å²) in [5.74, 6) is -5.07. The summed E-state index contributed by atoms with van der Waals surface area (Å²) in [7, 11) is 0. The minimum atomic E-state index is -1.82. The molecule has 23 nitrogen and oxygen atoms in total. The van der Waals surface area contributed by atoms with Gasteiger partial charge in [0.15, 0.2) is 12.2 Å². The summed E-state index contributed by atoms with van der Waals surface area (Å²) in [5.41, 5.74) is 7.89. The number of ether oxygens (including phenoxy) is 2. The van der Waals surface area contributed by atoms with Crippen LogP contribution in [0.5, 0.6) is 0 Å². The Morgan fingerprint density at radius 2 is 1.34 bits per heavy atom. The predicted molar refractivity (Wildman–Crippen MR) is 225 cm³/mol. The molecule has 13 N–H and O–H groups in total. The average Bonchev–Trinajstić information content (AvgIpc) is 3.86. The van der Waals surface area contributed by atoms with Gasteiger partial charge >= 0.3 is 6.03 Å². The first kappa shape index (κ1) is 52.0. The number of halogens is 1. The molecule has 2 unspecified atom stereocenters. The van der Waals surface area contributed by atoms with Gasteiger partial charge in [-0.05, 0) is 55.7 Å². The lowest BCUT2D eigenvalue weighted by Crippen LogP contribution is -2.57. The Kier molecular flexibility index (Phi) is 20.1. The number of benzene rings is 1. The van der Waals surface area contributed by atoms with Crippen molar-refractivity contribution in [2.75, 3.05) is 38.0 Å². The van der Waals surface area contributed by atoms with Crippen LogP contribution >= 0.6 is 0 Å². The SMILES string of the molecule is CC(C)C(NC(=O)[C@H]1O[C@H](CNC(=O)[C@H]2O[C@H](CNC(=O)CCCCCN3C(=O)C=CC3=O)[C@H](O)[C@@H]2O)[C@H](O)[C@@H]1O)C(=O)NC(CCCNC(N)=O)C(=O)Nc1ccc(CCNF)cc1. The highest BCUT2D eigenvalue weighted by molar-refractivity contribution is 6.12. The Labute approximate surface area is 373 Å². The van der Waals surface area contributed by atoms with Crippen LogP contribution in [0.2, 0.25) is 0 Å². The lowest BCUT2D eigenvalue weighted by Gasteiger charge is -2.26. The van der Waals surface area contributed by atoms with E-state index in [1.54, 1.807) is 43.7 Å². The molecule has 0 saturated carbocycles. The van der Waals surface area contributed by atoms with Crippen LogP contribution in [0.4, 0.5) is 15.0 Å². The fourth-order valence-corrected chi connectivity index (χ4v) is 7.25. The maximum absolute atomic E-state index is 13.6. The Hall–Kier alpha value is -5.63. The molecule has 2 fully saturated rings. The van der Waals surface area contributed by atoms with Crippen LogP contribution in [-0.2, 0) is 49.5 Å². The van der Waals surface area contributed by atoms with Gasteiger partial charge in [-0.25, -0.2) is 4.79 Å². The molecule has 24 heteroatoms. The quantitative estimate of drug-likeness (QED) is 0.0256. The Morgan fingerprint density at radius 1 is 0.738 bits per heavy atom. The summed E-state index contributed by atoms with van der Waals surface area (Å²) in [6.07, 6.45) is -8.03. The van der Waals surface area contributed by atoms with Gasteiger partial charge in [0.1, 0.15) is 48.7 Å². The molecule has 0 radical (unpaired) electrons. The molecule has 0 spiro atoms. The number of rotatable bonds is 25. The summed E-state index contributed by atoms with van der Waals surface area (Å²) in [4.78, 5) is 101. The average molecular weight is 922 g/mol. The molecular weight excluding hydrogens is 861 g/mol. The van der Waals surface area contributed by atoms with Crippen LogP contribution in [0.15, 0.2) is 36.4 Å². The van der Waals surface area contributed by atoms with E-state index in [2.05, 4.69) is 31.9 Å². The molecule has 10 atom stereocenters. The van der Waals surface area contributed by atoms with Crippen LogP contribution < -0.4 is 43.2 Å². The number of carbonyl (C=O) groups excluding carboxylic acids is 8. The molecule has 0 bridgehead atoms. The molecule has 0 aliphatic carbocycles. The summed E-state index contributed by atoms with van der Waals surface area (Å²) in [6.45, 7) is 2.90. The van der Waals surface area contributed by atoms with Crippen LogP contribution in [0.1, 0.15) is 57.9 Å². The van der Waals surface area contributed by atoms with Gasteiger partial charge in [0.2, 0.25) is 17.7 Å². The first-order valence-corrected chi connectivity index (χ1v) is 21.4. The minimum Gasteiger partial charge on any atom is -0.388 e. The van der Waals surface area contributed by atoms with Gasteiger partial charge in [0.05, 0.1) is 0 Å².